The van der Waals surface area contributed by atoms with Crippen LogP contribution in [0.1, 0.15) is 11.3 Å². The molecule has 4 aromatic rings. The molecule has 1 N–H and O–H groups in total. The molecule has 0 fully saturated rings. The fourth-order valence-corrected chi connectivity index (χ4v) is 4.28. The third-order valence-corrected chi connectivity index (χ3v) is 6.41. The monoisotopic (exact) mass is 459 g/mol. The second kappa shape index (κ2) is 8.22. The molecule has 0 aliphatic carbocycles. The summed E-state index contributed by atoms with van der Waals surface area (Å²) < 4.78 is 6.84. The summed E-state index contributed by atoms with van der Waals surface area (Å²) in [5, 5.41) is 11.6. The summed E-state index contributed by atoms with van der Waals surface area (Å²) in [5.41, 5.74) is 0.221. The van der Waals surface area contributed by atoms with Gasteiger partial charge in [-0.25, -0.2) is 4.79 Å². The van der Waals surface area contributed by atoms with Crippen LogP contribution in [-0.4, -0.2) is 9.67 Å². The van der Waals surface area contributed by atoms with E-state index in [9.17, 15) is 14.7 Å². The van der Waals surface area contributed by atoms with Gasteiger partial charge >= 0.3 is 5.63 Å². The lowest BCUT2D eigenvalue weighted by Crippen LogP contribution is -2.24. The zero-order chi connectivity index (χ0) is 21.4. The van der Waals surface area contributed by atoms with Crippen molar-refractivity contribution in [1.29, 1.82) is 0 Å². The number of benzene rings is 2. The SMILES string of the molecule is Cc1cc2oc(=O)c(Sc3ccccc3)c(O)c2c(=O)n1Cc1ccc(Cl)c(Cl)c1. The number of rotatable bonds is 4. The summed E-state index contributed by atoms with van der Waals surface area (Å²) in [5.74, 6) is -0.386. The summed E-state index contributed by atoms with van der Waals surface area (Å²) in [6, 6.07) is 15.7. The number of aromatic hydroxyl groups is 1. The summed E-state index contributed by atoms with van der Waals surface area (Å²) in [6.45, 7) is 1.94. The van der Waals surface area contributed by atoms with Gasteiger partial charge in [-0.3, -0.25) is 4.79 Å². The van der Waals surface area contributed by atoms with Gasteiger partial charge in [0, 0.05) is 16.7 Å². The van der Waals surface area contributed by atoms with Crippen LogP contribution >= 0.6 is 35.0 Å². The lowest BCUT2D eigenvalue weighted by molar-refractivity contribution is 0.445. The van der Waals surface area contributed by atoms with Crippen LogP contribution in [0.4, 0.5) is 0 Å². The summed E-state index contributed by atoms with van der Waals surface area (Å²) in [6.07, 6.45) is 0. The second-order valence-corrected chi connectivity index (χ2v) is 8.55. The molecule has 30 heavy (non-hydrogen) atoms. The van der Waals surface area contributed by atoms with E-state index in [0.717, 1.165) is 22.2 Å². The number of halogens is 2. The zero-order valence-electron chi connectivity index (χ0n) is 15.7. The molecular weight excluding hydrogens is 445 g/mol. The molecule has 0 radical (unpaired) electrons. The second-order valence-electron chi connectivity index (χ2n) is 6.65. The minimum atomic E-state index is -0.699. The van der Waals surface area contributed by atoms with E-state index < -0.39 is 11.2 Å². The van der Waals surface area contributed by atoms with Crippen molar-refractivity contribution in [2.75, 3.05) is 0 Å². The van der Waals surface area contributed by atoms with Gasteiger partial charge in [0.1, 0.15) is 15.9 Å². The quantitative estimate of drug-likeness (QED) is 0.437. The summed E-state index contributed by atoms with van der Waals surface area (Å²) in [4.78, 5) is 26.4. The normalized spacial score (nSPS) is 11.2. The van der Waals surface area contributed by atoms with Gasteiger partial charge in [-0.15, -0.1) is 0 Å². The Bertz CT molecular complexity index is 1380. The Balaban J connectivity index is 1.86. The highest BCUT2D eigenvalue weighted by atomic mass is 35.5. The molecule has 0 saturated carbocycles. The van der Waals surface area contributed by atoms with Gasteiger partial charge in [0.05, 0.1) is 16.6 Å². The number of nitrogens with zero attached hydrogens (tertiary/aromatic N) is 1. The highest BCUT2D eigenvalue weighted by molar-refractivity contribution is 7.99. The van der Waals surface area contributed by atoms with E-state index in [1.165, 1.54) is 4.57 Å². The van der Waals surface area contributed by atoms with Gasteiger partial charge in [0.15, 0.2) is 5.75 Å². The number of hydrogen-bond donors (Lipinski definition) is 1. The van der Waals surface area contributed by atoms with Crippen LogP contribution in [0.3, 0.4) is 0 Å². The van der Waals surface area contributed by atoms with Gasteiger partial charge in [-0.05, 0) is 36.8 Å². The number of aryl methyl sites for hydroxylation is 1. The van der Waals surface area contributed by atoms with Crippen molar-refractivity contribution in [3.63, 3.8) is 0 Å². The van der Waals surface area contributed by atoms with Crippen LogP contribution < -0.4 is 11.2 Å². The fourth-order valence-electron chi connectivity index (χ4n) is 3.11. The predicted molar refractivity (Wildman–Crippen MR) is 119 cm³/mol. The molecule has 2 aromatic carbocycles. The minimum Gasteiger partial charge on any atom is -0.505 e. The number of fused-ring (bicyclic) bond motifs is 1. The predicted octanol–water partition coefficient (Wildman–Crippen LogP) is 5.48. The van der Waals surface area contributed by atoms with E-state index in [-0.39, 0.29) is 28.2 Å². The number of hydrogen-bond acceptors (Lipinski definition) is 5. The van der Waals surface area contributed by atoms with Gasteiger partial charge in [-0.2, -0.15) is 0 Å². The van der Waals surface area contributed by atoms with E-state index in [2.05, 4.69) is 0 Å². The molecule has 0 atom stereocenters. The van der Waals surface area contributed by atoms with E-state index in [4.69, 9.17) is 27.6 Å². The molecule has 8 heteroatoms. The average molecular weight is 460 g/mol. The Morgan fingerprint density at radius 3 is 2.47 bits per heavy atom. The Hall–Kier alpha value is -2.67. The van der Waals surface area contributed by atoms with Gasteiger partial charge in [0.2, 0.25) is 0 Å². The number of aromatic nitrogens is 1. The Kier molecular flexibility index (Phi) is 5.64. The first-order valence-corrected chi connectivity index (χ1v) is 10.5. The smallest absolute Gasteiger partial charge is 0.354 e. The Labute approximate surface area is 185 Å². The first-order valence-electron chi connectivity index (χ1n) is 8.92. The first-order chi connectivity index (χ1) is 14.3. The molecule has 0 unspecified atom stereocenters. The van der Waals surface area contributed by atoms with E-state index >= 15 is 0 Å². The van der Waals surface area contributed by atoms with Crippen molar-refractivity contribution in [3.05, 3.63) is 96.7 Å². The topological polar surface area (TPSA) is 72.4 Å². The molecular formula is C22H15Cl2NO4S. The fraction of sp³-hybridized carbons (Fsp3) is 0.0909. The van der Waals surface area contributed by atoms with E-state index in [0.29, 0.717) is 15.7 Å². The molecule has 0 aliphatic heterocycles. The lowest BCUT2D eigenvalue weighted by Gasteiger charge is -2.13. The molecule has 5 nitrogen and oxygen atoms in total. The maximum absolute atomic E-state index is 13.2. The maximum atomic E-state index is 13.2. The number of pyridine rings is 1. The molecule has 2 aromatic heterocycles. The van der Waals surface area contributed by atoms with E-state index in [1.54, 1.807) is 43.3 Å². The van der Waals surface area contributed by atoms with Crippen LogP contribution in [0.2, 0.25) is 10.0 Å². The molecule has 0 aliphatic rings. The van der Waals surface area contributed by atoms with Crippen molar-refractivity contribution in [3.8, 4) is 5.75 Å². The van der Waals surface area contributed by atoms with Gasteiger partial charge in [0.25, 0.3) is 5.56 Å². The minimum absolute atomic E-state index is 0.0317. The highest BCUT2D eigenvalue weighted by Gasteiger charge is 2.20. The molecule has 0 saturated heterocycles. The summed E-state index contributed by atoms with van der Waals surface area (Å²) in [7, 11) is 0. The molecule has 4 rings (SSSR count). The average Bonchev–Trinajstić information content (AvgIpc) is 2.71. The summed E-state index contributed by atoms with van der Waals surface area (Å²) >= 11 is 13.1. The molecule has 2 heterocycles. The van der Waals surface area contributed by atoms with Crippen molar-refractivity contribution in [2.45, 2.75) is 23.3 Å². The van der Waals surface area contributed by atoms with Crippen LogP contribution in [0.5, 0.6) is 5.75 Å². The van der Waals surface area contributed by atoms with Crippen molar-refractivity contribution in [1.82, 2.24) is 4.57 Å². The Morgan fingerprint density at radius 1 is 1.03 bits per heavy atom. The molecule has 152 valence electrons. The lowest BCUT2D eigenvalue weighted by atomic mass is 10.2. The van der Waals surface area contributed by atoms with Crippen molar-refractivity contribution < 1.29 is 9.52 Å². The Morgan fingerprint density at radius 2 is 1.77 bits per heavy atom. The van der Waals surface area contributed by atoms with Gasteiger partial charge < -0.3 is 14.1 Å². The molecule has 0 amide bonds. The van der Waals surface area contributed by atoms with Crippen molar-refractivity contribution in [2.24, 2.45) is 0 Å². The van der Waals surface area contributed by atoms with Crippen LogP contribution in [0.25, 0.3) is 11.0 Å². The highest BCUT2D eigenvalue weighted by Crippen LogP contribution is 2.35. The first kappa shape index (κ1) is 20.6. The third kappa shape index (κ3) is 3.86. The van der Waals surface area contributed by atoms with Crippen LogP contribution in [0.15, 0.2) is 78.4 Å². The van der Waals surface area contributed by atoms with Gasteiger partial charge in [-0.1, -0.05) is 59.2 Å². The standard InChI is InChI=1S/C22H15Cl2NO4S/c1-12-9-17-18(21(27)25(12)11-13-7-8-15(23)16(24)10-13)19(26)20(22(28)29-17)30-14-5-3-2-4-6-14/h2-10,26H,11H2,1H3. The van der Waals surface area contributed by atoms with Crippen LogP contribution in [-0.2, 0) is 6.54 Å². The van der Waals surface area contributed by atoms with Crippen LogP contribution in [0, 0.1) is 6.92 Å². The van der Waals surface area contributed by atoms with Crippen molar-refractivity contribution >= 4 is 45.9 Å². The third-order valence-electron chi connectivity index (χ3n) is 4.60. The molecule has 0 bridgehead atoms. The molecule has 0 spiro atoms. The maximum Gasteiger partial charge on any atom is 0.354 e. The van der Waals surface area contributed by atoms with E-state index in [1.807, 2.05) is 18.2 Å². The largest absolute Gasteiger partial charge is 0.505 e. The zero-order valence-corrected chi connectivity index (χ0v) is 18.0.